The number of rotatable bonds is 2. The third-order valence-corrected chi connectivity index (χ3v) is 2.04. The van der Waals surface area contributed by atoms with Gasteiger partial charge in [-0.3, -0.25) is 4.79 Å². The molecule has 0 unspecified atom stereocenters. The van der Waals surface area contributed by atoms with Crippen LogP contribution >= 0.6 is 11.6 Å². The third kappa shape index (κ3) is 5.94. The van der Waals surface area contributed by atoms with Crippen molar-refractivity contribution in [1.82, 2.24) is 0 Å². The molecule has 1 aromatic carbocycles. The van der Waals surface area contributed by atoms with Crippen molar-refractivity contribution in [2.45, 2.75) is 13.8 Å². The Labute approximate surface area is 100.0 Å². The second-order valence-corrected chi connectivity index (χ2v) is 3.14. The van der Waals surface area contributed by atoms with Crippen molar-refractivity contribution in [2.24, 2.45) is 0 Å². The predicted octanol–water partition coefficient (Wildman–Crippen LogP) is 2.75. The second-order valence-electron chi connectivity index (χ2n) is 2.73. The van der Waals surface area contributed by atoms with E-state index in [4.69, 9.17) is 26.2 Å². The predicted molar refractivity (Wildman–Crippen MR) is 63.8 cm³/mol. The van der Waals surface area contributed by atoms with Crippen molar-refractivity contribution in [1.29, 1.82) is 0 Å². The van der Waals surface area contributed by atoms with Gasteiger partial charge in [0.15, 0.2) is 0 Å². The fourth-order valence-electron chi connectivity index (χ4n) is 0.855. The maximum atomic E-state index is 8.36. The molecule has 0 fully saturated rings. The highest BCUT2D eigenvalue weighted by Gasteiger charge is 1.96. The zero-order valence-electron chi connectivity index (χ0n) is 9.16. The van der Waals surface area contributed by atoms with Crippen molar-refractivity contribution in [3.63, 3.8) is 0 Å². The lowest BCUT2D eigenvalue weighted by atomic mass is 10.2. The summed E-state index contributed by atoms with van der Waals surface area (Å²) in [6.45, 7) is 3.90. The normalized spacial score (nSPS) is 7.94. The van der Waals surface area contributed by atoms with Crippen LogP contribution in [0.25, 0.3) is 0 Å². The van der Waals surface area contributed by atoms with Crippen molar-refractivity contribution in [2.75, 3.05) is 6.61 Å². The molecule has 16 heavy (non-hydrogen) atoms. The summed E-state index contributed by atoms with van der Waals surface area (Å²) in [7, 11) is 0. The van der Waals surface area contributed by atoms with E-state index in [9.17, 15) is 0 Å². The van der Waals surface area contributed by atoms with Gasteiger partial charge in [-0.2, -0.15) is 0 Å². The van der Waals surface area contributed by atoms with E-state index in [-0.39, 0.29) is 6.47 Å². The maximum Gasteiger partial charge on any atom is 0.290 e. The molecule has 0 heterocycles. The van der Waals surface area contributed by atoms with Crippen LogP contribution in [-0.4, -0.2) is 18.2 Å². The molecule has 0 aliphatic heterocycles. The molecule has 0 radical (unpaired) electrons. The fraction of sp³-hybridized carbons (Fsp3) is 0.250. The van der Waals surface area contributed by atoms with E-state index < -0.39 is 0 Å². The van der Waals surface area contributed by atoms with Gasteiger partial charge in [-0.25, -0.2) is 0 Å². The molecule has 3 nitrogen and oxygen atoms in total. The summed E-state index contributed by atoms with van der Waals surface area (Å²) in [6, 6.07) is 5.61. The molecule has 0 saturated carbocycles. The smallest absolute Gasteiger partial charge is 0.290 e. The zero-order chi connectivity index (χ0) is 12.4. The molecule has 0 atom stereocenters. The minimum atomic E-state index is -0.250. The van der Waals surface area contributed by atoms with E-state index in [0.717, 1.165) is 16.3 Å². The molecule has 0 spiro atoms. The summed E-state index contributed by atoms with van der Waals surface area (Å²) >= 11 is 5.91. The molecular weight excluding hydrogens is 228 g/mol. The molecule has 1 rings (SSSR count). The van der Waals surface area contributed by atoms with Gasteiger partial charge in [0.2, 0.25) is 0 Å². The van der Waals surface area contributed by atoms with Gasteiger partial charge in [0.05, 0.1) is 0 Å². The lowest BCUT2D eigenvalue weighted by molar-refractivity contribution is -0.122. The summed E-state index contributed by atoms with van der Waals surface area (Å²) < 4.78 is 5.32. The number of halogens is 1. The van der Waals surface area contributed by atoms with Gasteiger partial charge < -0.3 is 9.84 Å². The zero-order valence-corrected chi connectivity index (χ0v) is 9.91. The van der Waals surface area contributed by atoms with Crippen LogP contribution in [0.5, 0.6) is 5.75 Å². The quantitative estimate of drug-likeness (QED) is 0.639. The molecule has 4 heteroatoms. The molecule has 1 aromatic rings. The molecular formula is C12H13ClO3. The standard InChI is InChI=1S/C11H11ClO.CH2O2/c1-3-4-7-13-10-6-5-9(2)11(12)8-10;2-1-3/h5-6,8H,7H2,1-2H3;1H,(H,2,3). The highest BCUT2D eigenvalue weighted by molar-refractivity contribution is 6.31. The van der Waals surface area contributed by atoms with E-state index in [1.807, 2.05) is 19.1 Å². The summed E-state index contributed by atoms with van der Waals surface area (Å²) in [5.41, 5.74) is 1.05. The molecule has 0 amide bonds. The van der Waals surface area contributed by atoms with Crippen LogP contribution in [0.1, 0.15) is 12.5 Å². The second kappa shape index (κ2) is 8.63. The van der Waals surface area contributed by atoms with Crippen LogP contribution in [0, 0.1) is 18.8 Å². The van der Waals surface area contributed by atoms with Gasteiger partial charge >= 0.3 is 0 Å². The third-order valence-electron chi connectivity index (χ3n) is 1.63. The highest BCUT2D eigenvalue weighted by Crippen LogP contribution is 2.21. The van der Waals surface area contributed by atoms with Crippen molar-refractivity contribution < 1.29 is 14.6 Å². The van der Waals surface area contributed by atoms with Gasteiger partial charge in [0, 0.05) is 5.02 Å². The first kappa shape index (κ1) is 14.3. The van der Waals surface area contributed by atoms with Gasteiger partial charge in [0.1, 0.15) is 12.4 Å². The summed E-state index contributed by atoms with van der Waals surface area (Å²) in [5.74, 6) is 6.33. The molecule has 0 saturated heterocycles. The van der Waals surface area contributed by atoms with Crippen LogP contribution in [0.15, 0.2) is 18.2 Å². The summed E-state index contributed by atoms with van der Waals surface area (Å²) in [5, 5.41) is 7.61. The number of ether oxygens (including phenoxy) is 1. The Balaban J connectivity index is 0.000000673. The Morgan fingerprint density at radius 1 is 1.56 bits per heavy atom. The Morgan fingerprint density at radius 3 is 2.69 bits per heavy atom. The fourth-order valence-corrected chi connectivity index (χ4v) is 1.03. The van der Waals surface area contributed by atoms with Crippen LogP contribution < -0.4 is 4.74 Å². The Morgan fingerprint density at radius 2 is 2.19 bits per heavy atom. The van der Waals surface area contributed by atoms with Gasteiger partial charge in [-0.1, -0.05) is 23.6 Å². The number of carboxylic acid groups (broad SMARTS) is 1. The Hall–Kier alpha value is -1.66. The van der Waals surface area contributed by atoms with Gasteiger partial charge in [-0.05, 0) is 31.5 Å². The minimum absolute atomic E-state index is 0.250. The molecule has 0 bridgehead atoms. The summed E-state index contributed by atoms with van der Waals surface area (Å²) in [6.07, 6.45) is 0. The van der Waals surface area contributed by atoms with E-state index in [1.165, 1.54) is 0 Å². The molecule has 86 valence electrons. The average Bonchev–Trinajstić information content (AvgIpc) is 2.25. The van der Waals surface area contributed by atoms with E-state index in [1.54, 1.807) is 13.0 Å². The molecule has 0 aliphatic rings. The van der Waals surface area contributed by atoms with Crippen LogP contribution in [-0.2, 0) is 4.79 Å². The maximum absolute atomic E-state index is 8.36. The first-order chi connectivity index (χ1) is 7.65. The first-order valence-corrected chi connectivity index (χ1v) is 4.90. The lowest BCUT2D eigenvalue weighted by Gasteiger charge is -2.03. The molecule has 1 N–H and O–H groups in total. The van der Waals surface area contributed by atoms with E-state index in [0.29, 0.717) is 6.61 Å². The SMILES string of the molecule is CC#CCOc1ccc(C)c(Cl)c1.O=CO. The van der Waals surface area contributed by atoms with E-state index >= 15 is 0 Å². The number of carbonyl (C=O) groups is 1. The average molecular weight is 241 g/mol. The van der Waals surface area contributed by atoms with Gasteiger partial charge in [0.25, 0.3) is 6.47 Å². The van der Waals surface area contributed by atoms with Gasteiger partial charge in [-0.15, -0.1) is 5.92 Å². The Kier molecular flexibility index (Phi) is 7.74. The lowest BCUT2D eigenvalue weighted by Crippen LogP contribution is -1.93. The number of hydrogen-bond acceptors (Lipinski definition) is 2. The Bertz CT molecular complexity index is 391. The topological polar surface area (TPSA) is 46.5 Å². The largest absolute Gasteiger partial charge is 0.483 e. The monoisotopic (exact) mass is 240 g/mol. The van der Waals surface area contributed by atoms with Crippen molar-refractivity contribution in [3.8, 4) is 17.6 Å². The number of benzene rings is 1. The van der Waals surface area contributed by atoms with Crippen LogP contribution in [0.4, 0.5) is 0 Å². The molecule has 0 aliphatic carbocycles. The molecule has 0 aromatic heterocycles. The minimum Gasteiger partial charge on any atom is -0.483 e. The first-order valence-electron chi connectivity index (χ1n) is 4.52. The van der Waals surface area contributed by atoms with Crippen LogP contribution in [0.2, 0.25) is 5.02 Å². The number of aryl methyl sites for hydroxylation is 1. The summed E-state index contributed by atoms with van der Waals surface area (Å²) in [4.78, 5) is 8.36. The van der Waals surface area contributed by atoms with Crippen LogP contribution in [0.3, 0.4) is 0 Å². The number of hydrogen-bond donors (Lipinski definition) is 1. The van der Waals surface area contributed by atoms with Crippen molar-refractivity contribution >= 4 is 18.1 Å². The van der Waals surface area contributed by atoms with E-state index in [2.05, 4.69) is 11.8 Å². The highest BCUT2D eigenvalue weighted by atomic mass is 35.5. The van der Waals surface area contributed by atoms with Crippen molar-refractivity contribution in [3.05, 3.63) is 28.8 Å².